The van der Waals surface area contributed by atoms with E-state index < -0.39 is 0 Å². The molecular formula is C14H19ClN2O2. The van der Waals surface area contributed by atoms with E-state index in [-0.39, 0.29) is 17.9 Å². The summed E-state index contributed by atoms with van der Waals surface area (Å²) in [5, 5.41) is 12.8. The number of benzene rings is 1. The third-order valence-corrected chi connectivity index (χ3v) is 4.04. The summed E-state index contributed by atoms with van der Waals surface area (Å²) < 4.78 is 0. The molecule has 19 heavy (non-hydrogen) atoms. The van der Waals surface area contributed by atoms with E-state index in [1.807, 2.05) is 19.1 Å². The average Bonchev–Trinajstić information content (AvgIpc) is 2.81. The molecule has 1 aliphatic heterocycles. The quantitative estimate of drug-likeness (QED) is 0.889. The molecule has 0 saturated carbocycles. The van der Waals surface area contributed by atoms with E-state index in [0.29, 0.717) is 11.6 Å². The Labute approximate surface area is 118 Å². The van der Waals surface area contributed by atoms with Gasteiger partial charge in [-0.25, -0.2) is 0 Å². The van der Waals surface area contributed by atoms with E-state index in [4.69, 9.17) is 11.6 Å². The number of aliphatic hydroxyl groups is 1. The van der Waals surface area contributed by atoms with Crippen molar-refractivity contribution in [1.82, 2.24) is 5.32 Å². The Morgan fingerprint density at radius 1 is 1.58 bits per heavy atom. The van der Waals surface area contributed by atoms with Gasteiger partial charge in [-0.05, 0) is 31.5 Å². The van der Waals surface area contributed by atoms with E-state index in [1.165, 1.54) is 0 Å². The first-order chi connectivity index (χ1) is 9.00. The van der Waals surface area contributed by atoms with E-state index in [0.717, 1.165) is 24.2 Å². The van der Waals surface area contributed by atoms with Gasteiger partial charge in [-0.3, -0.25) is 4.79 Å². The van der Waals surface area contributed by atoms with Gasteiger partial charge in [-0.2, -0.15) is 0 Å². The van der Waals surface area contributed by atoms with Gasteiger partial charge >= 0.3 is 0 Å². The third kappa shape index (κ3) is 2.69. The first-order valence-electron chi connectivity index (χ1n) is 6.36. The van der Waals surface area contributed by atoms with Crippen LogP contribution in [0, 0.1) is 5.41 Å². The van der Waals surface area contributed by atoms with Gasteiger partial charge in [0.15, 0.2) is 0 Å². The molecule has 1 saturated heterocycles. The monoisotopic (exact) mass is 282 g/mol. The van der Waals surface area contributed by atoms with Crippen molar-refractivity contribution in [3.8, 4) is 0 Å². The number of carbonyl (C=O) groups excluding carboxylic acids is 1. The third-order valence-electron chi connectivity index (χ3n) is 3.80. The Kier molecular flexibility index (Phi) is 4.02. The van der Waals surface area contributed by atoms with Crippen LogP contribution in [0.15, 0.2) is 18.2 Å². The molecule has 1 unspecified atom stereocenters. The molecule has 1 aromatic rings. The van der Waals surface area contributed by atoms with Gasteiger partial charge in [0.2, 0.25) is 5.91 Å². The second kappa shape index (κ2) is 5.39. The van der Waals surface area contributed by atoms with Gasteiger partial charge in [0.1, 0.15) is 0 Å². The molecule has 1 heterocycles. The summed E-state index contributed by atoms with van der Waals surface area (Å²) in [6.07, 6.45) is 0.806. The van der Waals surface area contributed by atoms with Gasteiger partial charge in [-0.15, -0.1) is 0 Å². The summed E-state index contributed by atoms with van der Waals surface area (Å²) >= 11 is 5.94. The highest BCUT2D eigenvalue weighted by molar-refractivity contribution is 6.30. The first-order valence-corrected chi connectivity index (χ1v) is 6.74. The van der Waals surface area contributed by atoms with E-state index in [2.05, 4.69) is 10.2 Å². The van der Waals surface area contributed by atoms with Crippen molar-refractivity contribution in [3.05, 3.63) is 28.8 Å². The molecule has 0 radical (unpaired) electrons. The fourth-order valence-electron chi connectivity index (χ4n) is 2.64. The zero-order chi connectivity index (χ0) is 14.0. The molecule has 2 N–H and O–H groups in total. The molecule has 0 spiro atoms. The number of aliphatic hydroxyl groups excluding tert-OH is 1. The molecule has 0 aromatic heterocycles. The fourth-order valence-corrected chi connectivity index (χ4v) is 2.84. The standard InChI is InChI=1S/C14H19ClN2O2/c1-14(13(19)16-2)5-6-17(9-14)12-4-3-11(15)7-10(12)8-18/h3-4,7,18H,5-6,8-9H2,1-2H3,(H,16,19). The minimum Gasteiger partial charge on any atom is -0.392 e. The van der Waals surface area contributed by atoms with Crippen LogP contribution < -0.4 is 10.2 Å². The Bertz CT molecular complexity index is 492. The average molecular weight is 283 g/mol. The highest BCUT2D eigenvalue weighted by Gasteiger charge is 2.40. The van der Waals surface area contributed by atoms with Crippen molar-refractivity contribution in [2.75, 3.05) is 25.0 Å². The van der Waals surface area contributed by atoms with Crippen LogP contribution in [0.5, 0.6) is 0 Å². The molecular weight excluding hydrogens is 264 g/mol. The van der Waals surface area contributed by atoms with Gasteiger partial charge in [0.25, 0.3) is 0 Å². The van der Waals surface area contributed by atoms with Crippen LogP contribution in [-0.2, 0) is 11.4 Å². The van der Waals surface area contributed by atoms with E-state index >= 15 is 0 Å². The van der Waals surface area contributed by atoms with Crippen LogP contribution in [0.3, 0.4) is 0 Å². The molecule has 0 bridgehead atoms. The lowest BCUT2D eigenvalue weighted by molar-refractivity contribution is -0.128. The second-order valence-corrected chi connectivity index (χ2v) is 5.68. The summed E-state index contributed by atoms with van der Waals surface area (Å²) in [6, 6.07) is 5.49. The van der Waals surface area contributed by atoms with E-state index in [1.54, 1.807) is 13.1 Å². The lowest BCUT2D eigenvalue weighted by atomic mass is 9.89. The normalized spacial score (nSPS) is 22.6. The maximum atomic E-state index is 11.9. The smallest absolute Gasteiger partial charge is 0.227 e. The van der Waals surface area contributed by atoms with Crippen molar-refractivity contribution in [1.29, 1.82) is 0 Å². The summed E-state index contributed by atoms with van der Waals surface area (Å²) in [7, 11) is 1.66. The topological polar surface area (TPSA) is 52.6 Å². The molecule has 5 heteroatoms. The van der Waals surface area contributed by atoms with Gasteiger partial charge in [0.05, 0.1) is 12.0 Å². The van der Waals surface area contributed by atoms with Crippen molar-refractivity contribution >= 4 is 23.2 Å². The number of anilines is 1. The number of hydrogen-bond donors (Lipinski definition) is 2. The van der Waals surface area contributed by atoms with Crippen molar-refractivity contribution in [2.45, 2.75) is 20.0 Å². The minimum absolute atomic E-state index is 0.0525. The van der Waals surface area contributed by atoms with Crippen molar-refractivity contribution < 1.29 is 9.90 Å². The number of nitrogens with zero attached hydrogens (tertiary/aromatic N) is 1. The van der Waals surface area contributed by atoms with Crippen LogP contribution >= 0.6 is 11.6 Å². The molecule has 1 aliphatic rings. The molecule has 1 aromatic carbocycles. The van der Waals surface area contributed by atoms with Gasteiger partial charge < -0.3 is 15.3 Å². The number of hydrogen-bond acceptors (Lipinski definition) is 3. The maximum absolute atomic E-state index is 11.9. The fraction of sp³-hybridized carbons (Fsp3) is 0.500. The number of amides is 1. The summed E-state index contributed by atoms with van der Waals surface area (Å²) in [6.45, 7) is 3.38. The van der Waals surface area contributed by atoms with Crippen LogP contribution in [0.25, 0.3) is 0 Å². The summed E-state index contributed by atoms with van der Waals surface area (Å²) in [5.41, 5.74) is 1.38. The first kappa shape index (κ1) is 14.2. The Balaban J connectivity index is 2.24. The summed E-state index contributed by atoms with van der Waals surface area (Å²) in [5.74, 6) is 0.0644. The molecule has 2 rings (SSSR count). The lowest BCUT2D eigenvalue weighted by Gasteiger charge is -2.25. The summed E-state index contributed by atoms with van der Waals surface area (Å²) in [4.78, 5) is 14.0. The second-order valence-electron chi connectivity index (χ2n) is 5.24. The van der Waals surface area contributed by atoms with Crippen LogP contribution in [0.4, 0.5) is 5.69 Å². The molecule has 4 nitrogen and oxygen atoms in total. The molecule has 0 aliphatic carbocycles. The van der Waals surface area contributed by atoms with Crippen molar-refractivity contribution in [2.24, 2.45) is 5.41 Å². The highest BCUT2D eigenvalue weighted by atomic mass is 35.5. The van der Waals surface area contributed by atoms with Crippen LogP contribution in [0.2, 0.25) is 5.02 Å². The largest absolute Gasteiger partial charge is 0.392 e. The minimum atomic E-state index is -0.374. The Hall–Kier alpha value is -1.26. The number of nitrogens with one attached hydrogen (secondary N) is 1. The SMILES string of the molecule is CNC(=O)C1(C)CCN(c2ccc(Cl)cc2CO)C1. The zero-order valence-electron chi connectivity index (χ0n) is 11.2. The predicted molar refractivity (Wildman–Crippen MR) is 76.4 cm³/mol. The number of rotatable bonds is 3. The maximum Gasteiger partial charge on any atom is 0.227 e. The van der Waals surface area contributed by atoms with Crippen LogP contribution in [0.1, 0.15) is 18.9 Å². The predicted octanol–water partition coefficient (Wildman–Crippen LogP) is 1.79. The molecule has 1 fully saturated rings. The van der Waals surface area contributed by atoms with Gasteiger partial charge in [0, 0.05) is 36.4 Å². The Morgan fingerprint density at radius 2 is 2.32 bits per heavy atom. The molecule has 1 amide bonds. The molecule has 104 valence electrons. The van der Waals surface area contributed by atoms with Gasteiger partial charge in [-0.1, -0.05) is 11.6 Å². The lowest BCUT2D eigenvalue weighted by Crippen LogP contribution is -2.39. The Morgan fingerprint density at radius 3 is 2.95 bits per heavy atom. The van der Waals surface area contributed by atoms with E-state index in [9.17, 15) is 9.90 Å². The van der Waals surface area contributed by atoms with Crippen LogP contribution in [-0.4, -0.2) is 31.2 Å². The number of halogens is 1. The molecule has 1 atom stereocenters. The van der Waals surface area contributed by atoms with Crippen molar-refractivity contribution in [3.63, 3.8) is 0 Å². The highest BCUT2D eigenvalue weighted by Crippen LogP contribution is 2.35. The zero-order valence-corrected chi connectivity index (χ0v) is 12.0. The number of carbonyl (C=O) groups is 1.